The molecule has 1 aliphatic rings. The van der Waals surface area contributed by atoms with E-state index in [0.29, 0.717) is 6.04 Å². The number of benzene rings is 1. The van der Waals surface area contributed by atoms with Gasteiger partial charge in [-0.25, -0.2) is 0 Å². The van der Waals surface area contributed by atoms with E-state index in [9.17, 15) is 4.79 Å². The van der Waals surface area contributed by atoms with Crippen molar-refractivity contribution in [2.75, 3.05) is 20.2 Å². The van der Waals surface area contributed by atoms with Gasteiger partial charge in [0.2, 0.25) is 0 Å². The van der Waals surface area contributed by atoms with Crippen LogP contribution < -0.4 is 0 Å². The first kappa shape index (κ1) is 12.1. The summed E-state index contributed by atoms with van der Waals surface area (Å²) in [5, 5.41) is 0. The van der Waals surface area contributed by atoms with Crippen molar-refractivity contribution in [3.05, 3.63) is 35.9 Å². The number of nitrogens with zero attached hydrogens (tertiary/aromatic N) is 1. The SMILES string of the molecule is COC(=O)C1CCN([C@H](C)c2ccccc2)C1. The third-order valence-corrected chi connectivity index (χ3v) is 3.58. The Morgan fingerprint density at radius 2 is 2.12 bits per heavy atom. The van der Waals surface area contributed by atoms with Crippen LogP contribution in [0.1, 0.15) is 24.9 Å². The zero-order valence-corrected chi connectivity index (χ0v) is 10.4. The molecule has 3 nitrogen and oxygen atoms in total. The lowest BCUT2D eigenvalue weighted by molar-refractivity contribution is -0.145. The molecule has 92 valence electrons. The van der Waals surface area contributed by atoms with Crippen molar-refractivity contribution < 1.29 is 9.53 Å². The standard InChI is InChI=1S/C14H19NO2/c1-11(12-6-4-3-5-7-12)15-9-8-13(10-15)14(16)17-2/h3-7,11,13H,8-10H2,1-2H3/t11-,13?/m1/s1. The van der Waals surface area contributed by atoms with Gasteiger partial charge in [-0.15, -0.1) is 0 Å². The molecule has 1 aliphatic heterocycles. The largest absolute Gasteiger partial charge is 0.469 e. The lowest BCUT2D eigenvalue weighted by Gasteiger charge is -2.24. The van der Waals surface area contributed by atoms with Crippen molar-refractivity contribution >= 4 is 5.97 Å². The minimum atomic E-state index is -0.0761. The molecule has 1 aromatic carbocycles. The van der Waals surface area contributed by atoms with Gasteiger partial charge in [0, 0.05) is 12.6 Å². The molecule has 3 heteroatoms. The van der Waals surface area contributed by atoms with Crippen LogP contribution in [0.15, 0.2) is 30.3 Å². The zero-order valence-electron chi connectivity index (χ0n) is 10.4. The number of hydrogen-bond acceptors (Lipinski definition) is 3. The van der Waals surface area contributed by atoms with Crippen LogP contribution in [0.4, 0.5) is 0 Å². The molecule has 0 aliphatic carbocycles. The summed E-state index contributed by atoms with van der Waals surface area (Å²) < 4.78 is 4.80. The summed E-state index contributed by atoms with van der Waals surface area (Å²) in [7, 11) is 1.46. The maximum absolute atomic E-state index is 11.5. The van der Waals surface area contributed by atoms with Crippen LogP contribution in [0.25, 0.3) is 0 Å². The van der Waals surface area contributed by atoms with E-state index in [1.807, 2.05) is 6.07 Å². The molecular weight excluding hydrogens is 214 g/mol. The lowest BCUT2D eigenvalue weighted by atomic mass is 10.1. The molecule has 0 N–H and O–H groups in total. The Kier molecular flexibility index (Phi) is 3.79. The molecule has 2 rings (SSSR count). The monoisotopic (exact) mass is 233 g/mol. The molecule has 17 heavy (non-hydrogen) atoms. The summed E-state index contributed by atoms with van der Waals surface area (Å²) in [5.41, 5.74) is 1.30. The first-order valence-electron chi connectivity index (χ1n) is 6.09. The minimum Gasteiger partial charge on any atom is -0.469 e. The summed E-state index contributed by atoms with van der Waals surface area (Å²) in [4.78, 5) is 13.8. The van der Waals surface area contributed by atoms with E-state index in [2.05, 4.69) is 36.1 Å². The highest BCUT2D eigenvalue weighted by atomic mass is 16.5. The first-order valence-corrected chi connectivity index (χ1v) is 6.09. The Labute approximate surface area is 102 Å². The van der Waals surface area contributed by atoms with Crippen LogP contribution in [-0.2, 0) is 9.53 Å². The molecule has 0 aromatic heterocycles. The van der Waals surface area contributed by atoms with Crippen molar-refractivity contribution in [2.24, 2.45) is 5.92 Å². The second-order valence-corrected chi connectivity index (χ2v) is 4.59. The molecule has 0 saturated carbocycles. The van der Waals surface area contributed by atoms with Gasteiger partial charge in [0.05, 0.1) is 13.0 Å². The van der Waals surface area contributed by atoms with Gasteiger partial charge in [-0.3, -0.25) is 9.69 Å². The van der Waals surface area contributed by atoms with E-state index in [-0.39, 0.29) is 11.9 Å². The normalized spacial score (nSPS) is 22.4. The van der Waals surface area contributed by atoms with Crippen LogP contribution >= 0.6 is 0 Å². The van der Waals surface area contributed by atoms with Gasteiger partial charge in [-0.05, 0) is 25.5 Å². The van der Waals surface area contributed by atoms with Crippen molar-refractivity contribution in [3.8, 4) is 0 Å². The number of carbonyl (C=O) groups is 1. The summed E-state index contributed by atoms with van der Waals surface area (Å²) >= 11 is 0. The van der Waals surface area contributed by atoms with Crippen LogP contribution in [0.3, 0.4) is 0 Å². The lowest BCUT2D eigenvalue weighted by Crippen LogP contribution is -2.26. The van der Waals surface area contributed by atoms with E-state index in [0.717, 1.165) is 19.5 Å². The Morgan fingerprint density at radius 3 is 2.76 bits per heavy atom. The number of carbonyl (C=O) groups excluding carboxylic acids is 1. The van der Waals surface area contributed by atoms with Gasteiger partial charge in [0.15, 0.2) is 0 Å². The molecule has 1 unspecified atom stereocenters. The average molecular weight is 233 g/mol. The van der Waals surface area contributed by atoms with Crippen molar-refractivity contribution in [2.45, 2.75) is 19.4 Å². The number of ether oxygens (including phenoxy) is 1. The van der Waals surface area contributed by atoms with Gasteiger partial charge < -0.3 is 4.74 Å². The fourth-order valence-electron chi connectivity index (χ4n) is 2.44. The predicted molar refractivity (Wildman–Crippen MR) is 66.6 cm³/mol. The number of rotatable bonds is 3. The molecular formula is C14H19NO2. The summed E-state index contributed by atoms with van der Waals surface area (Å²) in [6.45, 7) is 3.97. The maximum Gasteiger partial charge on any atom is 0.310 e. The maximum atomic E-state index is 11.5. The van der Waals surface area contributed by atoms with E-state index < -0.39 is 0 Å². The fraction of sp³-hybridized carbons (Fsp3) is 0.500. The van der Waals surface area contributed by atoms with E-state index >= 15 is 0 Å². The molecule has 0 radical (unpaired) electrons. The minimum absolute atomic E-state index is 0.0474. The number of hydrogen-bond donors (Lipinski definition) is 0. The molecule has 0 bridgehead atoms. The molecule has 1 heterocycles. The van der Waals surface area contributed by atoms with Gasteiger partial charge in [-0.2, -0.15) is 0 Å². The topological polar surface area (TPSA) is 29.5 Å². The third-order valence-electron chi connectivity index (χ3n) is 3.58. The number of esters is 1. The quantitative estimate of drug-likeness (QED) is 0.750. The molecule has 0 spiro atoms. The number of likely N-dealkylation sites (tertiary alicyclic amines) is 1. The van der Waals surface area contributed by atoms with Gasteiger partial charge in [0.25, 0.3) is 0 Å². The summed E-state index contributed by atoms with van der Waals surface area (Å²) in [5.74, 6) is -0.0288. The van der Waals surface area contributed by atoms with Crippen molar-refractivity contribution in [3.63, 3.8) is 0 Å². The second-order valence-electron chi connectivity index (χ2n) is 4.59. The van der Waals surface area contributed by atoms with Crippen LogP contribution in [0.2, 0.25) is 0 Å². The fourth-order valence-corrected chi connectivity index (χ4v) is 2.44. The first-order chi connectivity index (χ1) is 8.22. The highest BCUT2D eigenvalue weighted by Gasteiger charge is 2.31. The summed E-state index contributed by atoms with van der Waals surface area (Å²) in [6.07, 6.45) is 0.907. The highest BCUT2D eigenvalue weighted by Crippen LogP contribution is 2.27. The Hall–Kier alpha value is -1.35. The van der Waals surface area contributed by atoms with Gasteiger partial charge in [0.1, 0.15) is 0 Å². The Balaban J connectivity index is 1.99. The average Bonchev–Trinajstić information content (AvgIpc) is 2.87. The number of methoxy groups -OCH3 is 1. The third kappa shape index (κ3) is 2.67. The molecule has 1 aromatic rings. The van der Waals surface area contributed by atoms with Gasteiger partial charge in [-0.1, -0.05) is 30.3 Å². The predicted octanol–water partition coefficient (Wildman–Crippen LogP) is 2.24. The molecule has 1 saturated heterocycles. The van der Waals surface area contributed by atoms with Crippen molar-refractivity contribution in [1.82, 2.24) is 4.90 Å². The summed E-state index contributed by atoms with van der Waals surface area (Å²) in [6, 6.07) is 10.8. The molecule has 1 fully saturated rings. The van der Waals surface area contributed by atoms with Crippen LogP contribution in [-0.4, -0.2) is 31.1 Å². The molecule has 0 amide bonds. The highest BCUT2D eigenvalue weighted by molar-refractivity contribution is 5.72. The Morgan fingerprint density at radius 1 is 1.41 bits per heavy atom. The van der Waals surface area contributed by atoms with Gasteiger partial charge >= 0.3 is 5.97 Å². The second kappa shape index (κ2) is 5.32. The smallest absolute Gasteiger partial charge is 0.310 e. The van der Waals surface area contributed by atoms with Crippen LogP contribution in [0, 0.1) is 5.92 Å². The van der Waals surface area contributed by atoms with E-state index in [1.165, 1.54) is 12.7 Å². The van der Waals surface area contributed by atoms with Crippen molar-refractivity contribution in [1.29, 1.82) is 0 Å². The van der Waals surface area contributed by atoms with E-state index in [1.54, 1.807) is 0 Å². The Bertz CT molecular complexity index is 377. The molecule has 2 atom stereocenters. The zero-order chi connectivity index (χ0) is 12.3. The van der Waals surface area contributed by atoms with E-state index in [4.69, 9.17) is 4.74 Å². The van der Waals surface area contributed by atoms with Crippen LogP contribution in [0.5, 0.6) is 0 Å².